The molecule has 1 N–H and O–H groups in total. The average molecular weight is 154 g/mol. The highest BCUT2D eigenvalue weighted by atomic mass is 16.6. The lowest BCUT2D eigenvalue weighted by molar-refractivity contribution is 0.143. The van der Waals surface area contributed by atoms with E-state index in [0.717, 1.165) is 11.8 Å². The van der Waals surface area contributed by atoms with Gasteiger partial charge in [-0.25, -0.2) is 0 Å². The fourth-order valence-electron chi connectivity index (χ4n) is 3.21. The molecule has 0 radical (unpaired) electrons. The molecular weight excluding hydrogens is 140 g/mol. The first kappa shape index (κ1) is 6.44. The Balaban J connectivity index is 1.82. The van der Waals surface area contributed by atoms with Crippen molar-refractivity contribution in [3.05, 3.63) is 0 Å². The molecule has 0 spiro atoms. The van der Waals surface area contributed by atoms with Gasteiger partial charge in [-0.3, -0.25) is 0 Å². The van der Waals surface area contributed by atoms with Crippen molar-refractivity contribution in [2.24, 2.45) is 17.8 Å². The summed E-state index contributed by atoms with van der Waals surface area (Å²) in [6, 6.07) is 0. The third-order valence-electron chi connectivity index (χ3n) is 3.77. The van der Waals surface area contributed by atoms with E-state index >= 15 is 0 Å². The molecule has 1 heterocycles. The summed E-state index contributed by atoms with van der Waals surface area (Å²) in [5.74, 6) is 2.19. The lowest BCUT2D eigenvalue weighted by atomic mass is 9.92. The summed E-state index contributed by atoms with van der Waals surface area (Å²) in [6.45, 7) is 0.383. The van der Waals surface area contributed by atoms with Crippen LogP contribution in [0.1, 0.15) is 19.3 Å². The Kier molecular flexibility index (Phi) is 1.16. The van der Waals surface area contributed by atoms with Crippen molar-refractivity contribution >= 4 is 0 Å². The maximum Gasteiger partial charge on any atom is 0.0876 e. The van der Waals surface area contributed by atoms with Gasteiger partial charge in [0, 0.05) is 6.61 Å². The highest BCUT2D eigenvalue weighted by molar-refractivity contribution is 5.07. The molecule has 3 fully saturated rings. The SMILES string of the molecule is OC[C@H]1CC[C@H]2C[C@H]3O[C@H]3[C@@H]12. The first-order chi connectivity index (χ1) is 5.40. The van der Waals surface area contributed by atoms with Crippen LogP contribution in [0.25, 0.3) is 0 Å². The molecule has 11 heavy (non-hydrogen) atoms. The number of epoxide rings is 1. The number of hydrogen-bond acceptors (Lipinski definition) is 2. The van der Waals surface area contributed by atoms with Crippen molar-refractivity contribution in [3.8, 4) is 0 Å². The number of fused-ring (bicyclic) bond motifs is 3. The van der Waals surface area contributed by atoms with Crippen LogP contribution in [-0.4, -0.2) is 23.9 Å². The molecule has 0 aromatic carbocycles. The molecule has 0 aromatic heterocycles. The van der Waals surface area contributed by atoms with Crippen molar-refractivity contribution < 1.29 is 9.84 Å². The van der Waals surface area contributed by atoms with E-state index in [1.807, 2.05) is 0 Å². The molecule has 0 bridgehead atoms. The quantitative estimate of drug-likeness (QED) is 0.566. The highest BCUT2D eigenvalue weighted by Crippen LogP contribution is 2.56. The normalized spacial score (nSPS) is 59.2. The maximum absolute atomic E-state index is 9.09. The van der Waals surface area contributed by atoms with E-state index in [-0.39, 0.29) is 0 Å². The minimum atomic E-state index is 0.383. The van der Waals surface area contributed by atoms with Gasteiger partial charge in [-0.15, -0.1) is 0 Å². The molecule has 0 unspecified atom stereocenters. The lowest BCUT2D eigenvalue weighted by Gasteiger charge is -2.16. The summed E-state index contributed by atoms with van der Waals surface area (Å²) in [6.07, 6.45) is 5.01. The Morgan fingerprint density at radius 2 is 2.27 bits per heavy atom. The van der Waals surface area contributed by atoms with Crippen molar-refractivity contribution in [2.75, 3.05) is 6.61 Å². The summed E-state index contributed by atoms with van der Waals surface area (Å²) in [4.78, 5) is 0. The number of hydrogen-bond donors (Lipinski definition) is 1. The Hall–Kier alpha value is -0.0800. The highest BCUT2D eigenvalue weighted by Gasteiger charge is 2.59. The summed E-state index contributed by atoms with van der Waals surface area (Å²) >= 11 is 0. The van der Waals surface area contributed by atoms with Crippen LogP contribution in [0.15, 0.2) is 0 Å². The van der Waals surface area contributed by atoms with Gasteiger partial charge in [0.15, 0.2) is 0 Å². The standard InChI is InChI=1S/C9H14O2/c10-4-6-2-1-5-3-7-9(11-7)8(5)6/h5-10H,1-4H2/t5-,6+,7+,8+,9+/m0/s1. The van der Waals surface area contributed by atoms with E-state index in [1.165, 1.54) is 19.3 Å². The van der Waals surface area contributed by atoms with Crippen LogP contribution in [0.3, 0.4) is 0 Å². The first-order valence-electron chi connectivity index (χ1n) is 4.66. The Morgan fingerprint density at radius 1 is 1.36 bits per heavy atom. The van der Waals surface area contributed by atoms with Crippen molar-refractivity contribution in [3.63, 3.8) is 0 Å². The summed E-state index contributed by atoms with van der Waals surface area (Å²) in [7, 11) is 0. The van der Waals surface area contributed by atoms with Crippen molar-refractivity contribution in [1.82, 2.24) is 0 Å². The van der Waals surface area contributed by atoms with Gasteiger partial charge in [0.1, 0.15) is 0 Å². The van der Waals surface area contributed by atoms with E-state index in [9.17, 15) is 0 Å². The van der Waals surface area contributed by atoms with Crippen LogP contribution in [0.2, 0.25) is 0 Å². The largest absolute Gasteiger partial charge is 0.396 e. The summed E-state index contributed by atoms with van der Waals surface area (Å²) in [5.41, 5.74) is 0. The Morgan fingerprint density at radius 3 is 3.09 bits per heavy atom. The minimum absolute atomic E-state index is 0.383. The van der Waals surface area contributed by atoms with Gasteiger partial charge >= 0.3 is 0 Å². The molecule has 0 amide bonds. The predicted molar refractivity (Wildman–Crippen MR) is 40.1 cm³/mol. The van der Waals surface area contributed by atoms with Crippen molar-refractivity contribution in [2.45, 2.75) is 31.5 Å². The second-order valence-corrected chi connectivity index (χ2v) is 4.23. The first-order valence-corrected chi connectivity index (χ1v) is 4.66. The van der Waals surface area contributed by atoms with Crippen LogP contribution in [0.4, 0.5) is 0 Å². The van der Waals surface area contributed by atoms with Crippen LogP contribution < -0.4 is 0 Å². The molecule has 0 aromatic rings. The van der Waals surface area contributed by atoms with Gasteiger partial charge < -0.3 is 9.84 Å². The smallest absolute Gasteiger partial charge is 0.0876 e. The van der Waals surface area contributed by atoms with Gasteiger partial charge in [-0.05, 0) is 37.0 Å². The Bertz CT molecular complexity index is 180. The number of aliphatic hydroxyl groups is 1. The third-order valence-corrected chi connectivity index (χ3v) is 3.77. The molecule has 2 nitrogen and oxygen atoms in total. The fourth-order valence-corrected chi connectivity index (χ4v) is 3.21. The van der Waals surface area contributed by atoms with Gasteiger partial charge in [0.25, 0.3) is 0 Å². The van der Waals surface area contributed by atoms with Gasteiger partial charge in [0.05, 0.1) is 12.2 Å². The van der Waals surface area contributed by atoms with E-state index < -0.39 is 0 Å². The molecule has 1 aliphatic heterocycles. The van der Waals surface area contributed by atoms with Crippen LogP contribution in [-0.2, 0) is 4.74 Å². The zero-order valence-electron chi connectivity index (χ0n) is 6.57. The molecule has 2 saturated carbocycles. The van der Waals surface area contributed by atoms with Crippen molar-refractivity contribution in [1.29, 1.82) is 0 Å². The number of ether oxygens (including phenoxy) is 1. The van der Waals surface area contributed by atoms with E-state index in [4.69, 9.17) is 9.84 Å². The van der Waals surface area contributed by atoms with Crippen LogP contribution in [0.5, 0.6) is 0 Å². The zero-order chi connectivity index (χ0) is 7.42. The molecule has 1 saturated heterocycles. The number of aliphatic hydroxyl groups excluding tert-OH is 1. The van der Waals surface area contributed by atoms with Crippen LogP contribution >= 0.6 is 0 Å². The molecular formula is C9H14O2. The van der Waals surface area contributed by atoms with E-state index in [2.05, 4.69) is 0 Å². The third kappa shape index (κ3) is 0.744. The van der Waals surface area contributed by atoms with E-state index in [1.54, 1.807) is 0 Å². The second kappa shape index (κ2) is 1.99. The fraction of sp³-hybridized carbons (Fsp3) is 1.00. The summed E-state index contributed by atoms with van der Waals surface area (Å²) < 4.78 is 5.49. The monoisotopic (exact) mass is 154 g/mol. The lowest BCUT2D eigenvalue weighted by Crippen LogP contribution is -2.19. The zero-order valence-corrected chi connectivity index (χ0v) is 6.57. The van der Waals surface area contributed by atoms with Gasteiger partial charge in [0.2, 0.25) is 0 Å². The summed E-state index contributed by atoms with van der Waals surface area (Å²) in [5, 5.41) is 9.09. The topological polar surface area (TPSA) is 32.8 Å². The van der Waals surface area contributed by atoms with Gasteiger partial charge in [-0.2, -0.15) is 0 Å². The van der Waals surface area contributed by atoms with E-state index in [0.29, 0.717) is 24.7 Å². The predicted octanol–water partition coefficient (Wildman–Crippen LogP) is 0.792. The van der Waals surface area contributed by atoms with Gasteiger partial charge in [-0.1, -0.05) is 0 Å². The molecule has 2 aliphatic carbocycles. The number of rotatable bonds is 1. The molecule has 2 heteroatoms. The maximum atomic E-state index is 9.09. The average Bonchev–Trinajstić information content (AvgIpc) is 2.53. The second-order valence-electron chi connectivity index (χ2n) is 4.23. The molecule has 5 atom stereocenters. The molecule has 62 valence electrons. The Labute approximate surface area is 66.5 Å². The minimum Gasteiger partial charge on any atom is -0.396 e. The molecule has 3 aliphatic rings. The van der Waals surface area contributed by atoms with Crippen LogP contribution in [0, 0.1) is 17.8 Å². The molecule has 3 rings (SSSR count).